The smallest absolute Gasteiger partial charge is 0.249 e. The second-order valence-electron chi connectivity index (χ2n) is 5.39. The van der Waals surface area contributed by atoms with Crippen molar-refractivity contribution in [1.82, 2.24) is 10.2 Å². The Morgan fingerprint density at radius 2 is 1.95 bits per heavy atom. The van der Waals surface area contributed by atoms with Crippen molar-refractivity contribution in [2.24, 2.45) is 0 Å². The van der Waals surface area contributed by atoms with E-state index in [1.165, 1.54) is 11.0 Å². The van der Waals surface area contributed by atoms with Crippen LogP contribution in [0.4, 0.5) is 0 Å². The Labute approximate surface area is 119 Å². The van der Waals surface area contributed by atoms with E-state index >= 15 is 0 Å². The minimum absolute atomic E-state index is 0.139. The zero-order valence-electron chi connectivity index (χ0n) is 11.9. The lowest BCUT2D eigenvalue weighted by atomic mass is 9.86. The Bertz CT molecular complexity index is 563. The van der Waals surface area contributed by atoms with Gasteiger partial charge in [-0.25, -0.2) is 8.42 Å². The van der Waals surface area contributed by atoms with Crippen LogP contribution in [0.2, 0.25) is 0 Å². The van der Waals surface area contributed by atoms with Gasteiger partial charge in [-0.2, -0.15) is 0 Å². The summed E-state index contributed by atoms with van der Waals surface area (Å²) < 4.78 is 23.1. The molecule has 2 amide bonds. The van der Waals surface area contributed by atoms with E-state index in [1.54, 1.807) is 6.92 Å². The number of rotatable bonds is 3. The lowest BCUT2D eigenvalue weighted by molar-refractivity contribution is -0.156. The number of nitrogens with zero attached hydrogens (tertiary/aromatic N) is 1. The lowest BCUT2D eigenvalue weighted by Crippen LogP contribution is -2.71. The quantitative estimate of drug-likeness (QED) is 0.807. The molecule has 0 aliphatic carbocycles. The van der Waals surface area contributed by atoms with Gasteiger partial charge in [0.05, 0.1) is 11.8 Å². The number of sulfone groups is 1. The van der Waals surface area contributed by atoms with Crippen LogP contribution in [0.5, 0.6) is 0 Å². The van der Waals surface area contributed by atoms with Crippen LogP contribution in [0.15, 0.2) is 11.5 Å². The zero-order valence-corrected chi connectivity index (χ0v) is 12.7. The van der Waals surface area contributed by atoms with Gasteiger partial charge in [-0.05, 0) is 25.8 Å². The van der Waals surface area contributed by atoms with Crippen molar-refractivity contribution in [2.45, 2.75) is 51.2 Å². The molecule has 7 heteroatoms. The Hall–Kier alpha value is -1.37. The lowest BCUT2D eigenvalue weighted by Gasteiger charge is -2.46. The third kappa shape index (κ3) is 2.24. The Morgan fingerprint density at radius 3 is 2.40 bits per heavy atom. The SMILES string of the molecule is CCC1(CC)NC(=O)C(C)N(C2C=CS(=O)(=O)C2)C1=O. The van der Waals surface area contributed by atoms with Crippen molar-refractivity contribution in [3.63, 3.8) is 0 Å². The summed E-state index contributed by atoms with van der Waals surface area (Å²) in [6.45, 7) is 5.31. The standard InChI is InChI=1S/C13H20N2O4S/c1-4-13(5-2)12(17)15(9(3)11(16)14-13)10-6-7-20(18,19)8-10/h6-7,9-10H,4-5,8H2,1-3H3,(H,14,16). The summed E-state index contributed by atoms with van der Waals surface area (Å²) in [4.78, 5) is 26.3. The van der Waals surface area contributed by atoms with Crippen molar-refractivity contribution in [3.8, 4) is 0 Å². The van der Waals surface area contributed by atoms with Gasteiger partial charge in [0.1, 0.15) is 11.6 Å². The molecule has 1 N–H and O–H groups in total. The second kappa shape index (κ2) is 4.87. The van der Waals surface area contributed by atoms with Gasteiger partial charge in [0.2, 0.25) is 11.8 Å². The van der Waals surface area contributed by atoms with Crippen LogP contribution in [-0.2, 0) is 19.4 Å². The molecule has 0 bridgehead atoms. The van der Waals surface area contributed by atoms with E-state index in [0.717, 1.165) is 5.41 Å². The van der Waals surface area contributed by atoms with E-state index in [1.807, 2.05) is 13.8 Å². The molecule has 1 saturated heterocycles. The first-order valence-corrected chi connectivity index (χ1v) is 8.53. The van der Waals surface area contributed by atoms with E-state index in [-0.39, 0.29) is 17.6 Å². The van der Waals surface area contributed by atoms with Crippen molar-refractivity contribution in [3.05, 3.63) is 11.5 Å². The number of nitrogens with one attached hydrogen (secondary N) is 1. The van der Waals surface area contributed by atoms with Crippen LogP contribution in [0.3, 0.4) is 0 Å². The average molecular weight is 300 g/mol. The molecule has 20 heavy (non-hydrogen) atoms. The van der Waals surface area contributed by atoms with Gasteiger partial charge in [-0.1, -0.05) is 13.8 Å². The summed E-state index contributed by atoms with van der Waals surface area (Å²) in [5.41, 5.74) is -0.913. The molecule has 2 atom stereocenters. The molecule has 0 aromatic heterocycles. The largest absolute Gasteiger partial charge is 0.340 e. The van der Waals surface area contributed by atoms with Crippen LogP contribution in [0, 0.1) is 0 Å². The second-order valence-corrected chi connectivity index (χ2v) is 7.32. The summed E-state index contributed by atoms with van der Waals surface area (Å²) in [5.74, 6) is -0.563. The molecule has 0 aromatic carbocycles. The molecule has 0 radical (unpaired) electrons. The van der Waals surface area contributed by atoms with Crippen LogP contribution < -0.4 is 5.32 Å². The van der Waals surface area contributed by atoms with E-state index in [9.17, 15) is 18.0 Å². The van der Waals surface area contributed by atoms with E-state index in [0.29, 0.717) is 12.8 Å². The minimum Gasteiger partial charge on any atom is -0.340 e. The first-order chi connectivity index (χ1) is 9.26. The zero-order chi connectivity index (χ0) is 15.1. The van der Waals surface area contributed by atoms with Gasteiger partial charge in [-0.15, -0.1) is 0 Å². The molecular formula is C13H20N2O4S. The number of carbonyl (C=O) groups excluding carboxylic acids is 2. The summed E-state index contributed by atoms with van der Waals surface area (Å²) >= 11 is 0. The average Bonchev–Trinajstić information content (AvgIpc) is 2.74. The van der Waals surface area contributed by atoms with Crippen LogP contribution in [0.25, 0.3) is 0 Å². The normalized spacial score (nSPS) is 31.4. The molecule has 0 spiro atoms. The van der Waals surface area contributed by atoms with Gasteiger partial charge in [0.15, 0.2) is 9.84 Å². The first-order valence-electron chi connectivity index (χ1n) is 6.82. The summed E-state index contributed by atoms with van der Waals surface area (Å²) in [7, 11) is -3.27. The van der Waals surface area contributed by atoms with Gasteiger partial charge in [0, 0.05) is 5.41 Å². The number of piperazine rings is 1. The fourth-order valence-corrected chi connectivity index (χ4v) is 4.12. The molecule has 2 aliphatic heterocycles. The predicted molar refractivity (Wildman–Crippen MR) is 74.5 cm³/mol. The van der Waals surface area contributed by atoms with Gasteiger partial charge in [-0.3, -0.25) is 9.59 Å². The van der Waals surface area contributed by atoms with Crippen LogP contribution >= 0.6 is 0 Å². The number of hydrogen-bond acceptors (Lipinski definition) is 4. The highest BCUT2D eigenvalue weighted by atomic mass is 32.2. The highest BCUT2D eigenvalue weighted by molar-refractivity contribution is 7.94. The van der Waals surface area contributed by atoms with E-state index < -0.39 is 27.5 Å². The maximum Gasteiger partial charge on any atom is 0.249 e. The first kappa shape index (κ1) is 15.0. The minimum atomic E-state index is -3.27. The summed E-state index contributed by atoms with van der Waals surface area (Å²) in [6, 6.07) is -1.21. The molecule has 0 aromatic rings. The molecule has 0 saturated carbocycles. The molecule has 1 fully saturated rings. The highest BCUT2D eigenvalue weighted by Crippen LogP contribution is 2.28. The van der Waals surface area contributed by atoms with Gasteiger partial charge < -0.3 is 10.2 Å². The topological polar surface area (TPSA) is 83.6 Å². The Kier molecular flexibility index (Phi) is 3.66. The Balaban J connectivity index is 2.38. The fourth-order valence-electron chi connectivity index (χ4n) is 2.84. The van der Waals surface area contributed by atoms with Crippen molar-refractivity contribution in [1.29, 1.82) is 0 Å². The Morgan fingerprint density at radius 1 is 1.35 bits per heavy atom. The molecule has 2 rings (SSSR count). The van der Waals surface area contributed by atoms with Crippen LogP contribution in [-0.4, -0.2) is 48.5 Å². The van der Waals surface area contributed by atoms with Gasteiger partial charge >= 0.3 is 0 Å². The summed E-state index contributed by atoms with van der Waals surface area (Å²) in [6.07, 6.45) is 2.47. The third-order valence-electron chi connectivity index (χ3n) is 4.28. The molecule has 2 heterocycles. The van der Waals surface area contributed by atoms with Crippen molar-refractivity contribution < 1.29 is 18.0 Å². The van der Waals surface area contributed by atoms with Crippen LogP contribution in [0.1, 0.15) is 33.6 Å². The number of amides is 2. The molecule has 2 unspecified atom stereocenters. The maximum absolute atomic E-state index is 12.7. The van der Waals surface area contributed by atoms with Gasteiger partial charge in [0.25, 0.3) is 0 Å². The molecule has 112 valence electrons. The highest BCUT2D eigenvalue weighted by Gasteiger charge is 2.50. The third-order valence-corrected chi connectivity index (χ3v) is 5.66. The van der Waals surface area contributed by atoms with E-state index in [2.05, 4.69) is 5.32 Å². The number of hydrogen-bond donors (Lipinski definition) is 1. The number of carbonyl (C=O) groups is 2. The predicted octanol–water partition coefficient (Wildman–Crippen LogP) is 0.203. The molecule has 6 nitrogen and oxygen atoms in total. The molecule has 2 aliphatic rings. The molecular weight excluding hydrogens is 280 g/mol. The van der Waals surface area contributed by atoms with E-state index in [4.69, 9.17) is 0 Å². The van der Waals surface area contributed by atoms with Crippen molar-refractivity contribution >= 4 is 21.7 Å². The monoisotopic (exact) mass is 300 g/mol. The summed E-state index contributed by atoms with van der Waals surface area (Å²) in [5, 5.41) is 3.93. The fraction of sp³-hybridized carbons (Fsp3) is 0.692. The van der Waals surface area contributed by atoms with Crippen molar-refractivity contribution in [2.75, 3.05) is 5.75 Å². The maximum atomic E-state index is 12.7.